The van der Waals surface area contributed by atoms with Gasteiger partial charge in [0, 0.05) is 24.2 Å². The van der Waals surface area contributed by atoms with Crippen molar-refractivity contribution >= 4 is 24.0 Å². The molecule has 3 atom stereocenters. The lowest BCUT2D eigenvalue weighted by molar-refractivity contribution is -0.135. The fraction of sp³-hybridized carbons (Fsp3) is 0.405. The summed E-state index contributed by atoms with van der Waals surface area (Å²) in [4.78, 5) is 69.6. The first-order valence-electron chi connectivity index (χ1n) is 17.3. The molecule has 0 radical (unpaired) electrons. The molecule has 0 bridgehead atoms. The van der Waals surface area contributed by atoms with E-state index in [1.54, 1.807) is 11.1 Å². The standard InChI is InChI=1S/C37H42N8O6/c1-20(2)32(43-37(49)51-4)35(47)45-14-6-8-30(45)34-39-18-28(42-34)22-10-12-24-25-15-21(9-11-23(25)26(24)16-22)27-17-38-33(41-27)29-7-5-13-44(29)31(46)19-40-36(48)50-3/h9-12,15-18,20,29-30,32H,5-8,13-14,19H2,1-4H3,(H,38,41)(H,39,42)(H,40,48)(H,43,49)/t29-,30-,32-/m0/s1. The van der Waals surface area contributed by atoms with Crippen LogP contribution in [0.1, 0.15) is 63.3 Å². The Labute approximate surface area is 295 Å². The summed E-state index contributed by atoms with van der Waals surface area (Å²) >= 11 is 0. The molecule has 4 heterocycles. The number of aromatic amines is 2. The van der Waals surface area contributed by atoms with Crippen molar-refractivity contribution in [3.8, 4) is 44.8 Å². The van der Waals surface area contributed by atoms with Crippen molar-refractivity contribution in [3.63, 3.8) is 0 Å². The van der Waals surface area contributed by atoms with E-state index in [4.69, 9.17) is 9.72 Å². The van der Waals surface area contributed by atoms with E-state index < -0.39 is 18.2 Å². The van der Waals surface area contributed by atoms with Crippen LogP contribution in [0.4, 0.5) is 9.59 Å². The van der Waals surface area contributed by atoms with Crippen LogP contribution in [0.3, 0.4) is 0 Å². The van der Waals surface area contributed by atoms with Crippen LogP contribution in [0.5, 0.6) is 0 Å². The molecule has 7 rings (SSSR count). The number of nitrogens with zero attached hydrogens (tertiary/aromatic N) is 4. The highest BCUT2D eigenvalue weighted by atomic mass is 16.5. The molecule has 0 spiro atoms. The number of amides is 4. The van der Waals surface area contributed by atoms with Crippen molar-refractivity contribution in [2.75, 3.05) is 33.9 Å². The van der Waals surface area contributed by atoms with Crippen LogP contribution < -0.4 is 10.6 Å². The Kier molecular flexibility index (Phi) is 9.23. The van der Waals surface area contributed by atoms with Crippen LogP contribution in [0, 0.1) is 5.92 Å². The van der Waals surface area contributed by atoms with Gasteiger partial charge < -0.3 is 39.9 Å². The molecule has 2 saturated heterocycles. The highest BCUT2D eigenvalue weighted by Gasteiger charge is 2.38. The van der Waals surface area contributed by atoms with E-state index in [9.17, 15) is 19.2 Å². The number of hydrogen-bond acceptors (Lipinski definition) is 8. The van der Waals surface area contributed by atoms with E-state index >= 15 is 0 Å². The third kappa shape index (κ3) is 6.41. The summed E-state index contributed by atoms with van der Waals surface area (Å²) in [6.45, 7) is 4.88. The van der Waals surface area contributed by atoms with Gasteiger partial charge in [0.15, 0.2) is 0 Å². The largest absolute Gasteiger partial charge is 0.453 e. The van der Waals surface area contributed by atoms with Gasteiger partial charge in [-0.25, -0.2) is 19.6 Å². The second-order valence-electron chi connectivity index (χ2n) is 13.5. The molecule has 2 aromatic heterocycles. The van der Waals surface area contributed by atoms with Gasteiger partial charge in [-0.15, -0.1) is 0 Å². The number of likely N-dealkylation sites (tertiary alicyclic amines) is 2. The van der Waals surface area contributed by atoms with E-state index in [-0.39, 0.29) is 36.4 Å². The number of carbonyl (C=O) groups is 4. The van der Waals surface area contributed by atoms with Gasteiger partial charge in [-0.3, -0.25) is 9.59 Å². The molecule has 2 aromatic carbocycles. The number of benzene rings is 2. The number of methoxy groups -OCH3 is 2. The lowest BCUT2D eigenvalue weighted by Gasteiger charge is -2.30. The quantitative estimate of drug-likeness (QED) is 0.163. The summed E-state index contributed by atoms with van der Waals surface area (Å²) in [5, 5.41) is 5.16. The molecule has 4 amide bonds. The monoisotopic (exact) mass is 694 g/mol. The normalized spacial score (nSPS) is 18.1. The first-order chi connectivity index (χ1) is 24.7. The molecule has 14 nitrogen and oxygen atoms in total. The van der Waals surface area contributed by atoms with E-state index in [2.05, 4.69) is 66.7 Å². The summed E-state index contributed by atoms with van der Waals surface area (Å²) in [6, 6.07) is 11.6. The van der Waals surface area contributed by atoms with Crippen LogP contribution in [0.2, 0.25) is 0 Å². The SMILES string of the molecule is COC(=O)NCC(=O)N1CCC[C@H]1c1ncc(-c2ccc3c(c2)-c2ccc(-c4cnc([C@@H]5CCCN5C(=O)[C@@H](NC(=O)OC)C(C)C)[nH]4)cc2-3)[nH]1. The van der Waals surface area contributed by atoms with Crippen LogP contribution in [0.15, 0.2) is 48.8 Å². The van der Waals surface area contributed by atoms with Gasteiger partial charge in [0.05, 0.1) is 50.1 Å². The highest BCUT2D eigenvalue weighted by Crippen LogP contribution is 2.49. The maximum Gasteiger partial charge on any atom is 0.407 e. The van der Waals surface area contributed by atoms with E-state index in [1.807, 2.05) is 24.9 Å². The summed E-state index contributed by atoms with van der Waals surface area (Å²) in [7, 11) is 2.56. The smallest absolute Gasteiger partial charge is 0.407 e. The van der Waals surface area contributed by atoms with Crippen LogP contribution >= 0.6 is 0 Å². The minimum atomic E-state index is -0.687. The highest BCUT2D eigenvalue weighted by molar-refractivity contribution is 6.04. The summed E-state index contributed by atoms with van der Waals surface area (Å²) in [6.07, 6.45) is 5.64. The predicted octanol–water partition coefficient (Wildman–Crippen LogP) is 5.18. The van der Waals surface area contributed by atoms with Crippen molar-refractivity contribution in [1.82, 2.24) is 40.4 Å². The molecule has 266 valence electrons. The average Bonchev–Trinajstić information content (AvgIpc) is 3.97. The Bertz CT molecular complexity index is 1980. The Balaban J connectivity index is 1.04. The fourth-order valence-corrected chi connectivity index (χ4v) is 7.45. The maximum absolute atomic E-state index is 13.5. The number of nitrogens with one attached hydrogen (secondary N) is 4. The third-order valence-corrected chi connectivity index (χ3v) is 10.1. The molecule has 2 aliphatic heterocycles. The second kappa shape index (κ2) is 13.9. The minimum Gasteiger partial charge on any atom is -0.453 e. The zero-order valence-electron chi connectivity index (χ0n) is 29.1. The number of rotatable bonds is 9. The molecule has 14 heteroatoms. The molecule has 0 unspecified atom stereocenters. The first-order valence-corrected chi connectivity index (χ1v) is 17.3. The molecular formula is C37H42N8O6. The Morgan fingerprint density at radius 1 is 0.784 bits per heavy atom. The van der Waals surface area contributed by atoms with E-state index in [0.717, 1.165) is 82.1 Å². The van der Waals surface area contributed by atoms with Crippen LogP contribution in [-0.4, -0.2) is 93.6 Å². The number of ether oxygens (including phenoxy) is 2. The molecule has 2 fully saturated rings. The summed E-state index contributed by atoms with van der Waals surface area (Å²) in [5.41, 5.74) is 8.37. The molecule has 1 aliphatic carbocycles. The minimum absolute atomic E-state index is 0.104. The number of hydrogen-bond donors (Lipinski definition) is 4. The van der Waals surface area contributed by atoms with Crippen molar-refractivity contribution in [2.24, 2.45) is 5.92 Å². The zero-order valence-corrected chi connectivity index (χ0v) is 29.1. The lowest BCUT2D eigenvalue weighted by atomic mass is 9.78. The van der Waals surface area contributed by atoms with Gasteiger partial charge in [0.25, 0.3) is 0 Å². The topological polar surface area (TPSA) is 175 Å². The number of carbonyl (C=O) groups excluding carboxylic acids is 4. The molecular weight excluding hydrogens is 652 g/mol. The van der Waals surface area contributed by atoms with Gasteiger partial charge >= 0.3 is 12.2 Å². The third-order valence-electron chi connectivity index (χ3n) is 10.1. The number of H-pyrrole nitrogens is 2. The number of alkyl carbamates (subject to hydrolysis) is 2. The van der Waals surface area contributed by atoms with Gasteiger partial charge in [-0.1, -0.05) is 38.1 Å². The van der Waals surface area contributed by atoms with Crippen molar-refractivity contribution in [1.29, 1.82) is 0 Å². The molecule has 3 aliphatic rings. The van der Waals surface area contributed by atoms with Gasteiger partial charge in [-0.2, -0.15) is 0 Å². The summed E-state index contributed by atoms with van der Waals surface area (Å²) < 4.78 is 9.34. The number of aromatic nitrogens is 4. The van der Waals surface area contributed by atoms with Crippen molar-refractivity contribution in [2.45, 2.75) is 57.7 Å². The van der Waals surface area contributed by atoms with Crippen LogP contribution in [-0.2, 0) is 19.1 Å². The fourth-order valence-electron chi connectivity index (χ4n) is 7.45. The van der Waals surface area contributed by atoms with Gasteiger partial charge in [0.1, 0.15) is 24.2 Å². The maximum atomic E-state index is 13.5. The Morgan fingerprint density at radius 2 is 1.31 bits per heavy atom. The zero-order chi connectivity index (χ0) is 35.8. The average molecular weight is 695 g/mol. The number of imidazole rings is 2. The van der Waals surface area contributed by atoms with E-state index in [0.29, 0.717) is 13.1 Å². The van der Waals surface area contributed by atoms with Crippen LogP contribution in [0.25, 0.3) is 44.8 Å². The van der Waals surface area contributed by atoms with Gasteiger partial charge in [-0.05, 0) is 66.0 Å². The number of fused-ring (bicyclic) bond motifs is 4. The van der Waals surface area contributed by atoms with Crippen molar-refractivity contribution < 1.29 is 28.7 Å². The van der Waals surface area contributed by atoms with Crippen molar-refractivity contribution in [3.05, 3.63) is 60.4 Å². The lowest BCUT2D eigenvalue weighted by Crippen LogP contribution is -2.51. The second-order valence-corrected chi connectivity index (χ2v) is 13.5. The molecule has 51 heavy (non-hydrogen) atoms. The Morgan fingerprint density at radius 3 is 1.84 bits per heavy atom. The molecule has 0 saturated carbocycles. The first kappa shape index (κ1) is 33.8. The van der Waals surface area contributed by atoms with E-state index in [1.165, 1.54) is 14.2 Å². The van der Waals surface area contributed by atoms with Gasteiger partial charge in [0.2, 0.25) is 11.8 Å². The molecule has 4 N–H and O–H groups in total. The Hall–Kier alpha value is -5.66. The molecule has 4 aromatic rings. The predicted molar refractivity (Wildman–Crippen MR) is 188 cm³/mol. The summed E-state index contributed by atoms with van der Waals surface area (Å²) in [5.74, 6) is 1.03.